The van der Waals surface area contributed by atoms with Gasteiger partial charge in [0.05, 0.1) is 17.3 Å². The van der Waals surface area contributed by atoms with Gasteiger partial charge < -0.3 is 5.32 Å². The molecule has 0 bridgehead atoms. The predicted octanol–water partition coefficient (Wildman–Crippen LogP) is 0.990. The van der Waals surface area contributed by atoms with Crippen molar-refractivity contribution in [2.75, 3.05) is 12.3 Å². The topological polar surface area (TPSA) is 59.8 Å². The predicted molar refractivity (Wildman–Crippen MR) is 77.9 cm³/mol. The standard InChI is InChI=1S/C14H18N4OS/c19-20(13-4-2-1-3-5-13)9-8-15-12-6-7-14-16-11-17-18(14)10-12/h1-5,11-12,15H,6-10H2/t12-,20+/m0/s1. The number of nitrogens with zero attached hydrogens (tertiary/aromatic N) is 3. The Balaban J connectivity index is 1.46. The molecule has 1 aromatic heterocycles. The molecular formula is C14H18N4OS. The van der Waals surface area contributed by atoms with Crippen molar-refractivity contribution in [2.24, 2.45) is 0 Å². The first-order chi connectivity index (χ1) is 9.83. The van der Waals surface area contributed by atoms with Crippen LogP contribution in [0.25, 0.3) is 0 Å². The summed E-state index contributed by atoms with van der Waals surface area (Å²) < 4.78 is 14.0. The van der Waals surface area contributed by atoms with Gasteiger partial charge in [0, 0.05) is 29.7 Å². The average molecular weight is 290 g/mol. The van der Waals surface area contributed by atoms with Gasteiger partial charge in [-0.05, 0) is 18.6 Å². The van der Waals surface area contributed by atoms with Crippen LogP contribution in [0.1, 0.15) is 12.2 Å². The smallest absolute Gasteiger partial charge is 0.138 e. The van der Waals surface area contributed by atoms with Crippen LogP contribution in [0.5, 0.6) is 0 Å². The first kappa shape index (κ1) is 13.5. The Labute approximate surface area is 120 Å². The van der Waals surface area contributed by atoms with E-state index in [9.17, 15) is 4.21 Å². The van der Waals surface area contributed by atoms with Gasteiger partial charge in [-0.2, -0.15) is 5.10 Å². The van der Waals surface area contributed by atoms with E-state index >= 15 is 0 Å². The highest BCUT2D eigenvalue weighted by Gasteiger charge is 2.19. The van der Waals surface area contributed by atoms with Crippen LogP contribution in [0.15, 0.2) is 41.6 Å². The number of hydrogen-bond acceptors (Lipinski definition) is 4. The molecular weight excluding hydrogens is 272 g/mol. The Hall–Kier alpha value is -1.53. The van der Waals surface area contributed by atoms with Gasteiger partial charge in [0.2, 0.25) is 0 Å². The van der Waals surface area contributed by atoms with Crippen molar-refractivity contribution in [3.05, 3.63) is 42.5 Å². The summed E-state index contributed by atoms with van der Waals surface area (Å²) in [5.41, 5.74) is 0. The molecule has 0 fully saturated rings. The molecule has 3 rings (SSSR count). The second-order valence-electron chi connectivity index (χ2n) is 4.91. The quantitative estimate of drug-likeness (QED) is 0.892. The van der Waals surface area contributed by atoms with Gasteiger partial charge in [0.25, 0.3) is 0 Å². The number of aromatic nitrogens is 3. The fourth-order valence-corrected chi connectivity index (χ4v) is 3.45. The maximum atomic E-state index is 12.1. The molecule has 20 heavy (non-hydrogen) atoms. The van der Waals surface area contributed by atoms with E-state index in [0.29, 0.717) is 11.8 Å². The minimum atomic E-state index is -0.922. The molecule has 2 heterocycles. The van der Waals surface area contributed by atoms with Crippen LogP contribution in [0, 0.1) is 0 Å². The fraction of sp³-hybridized carbons (Fsp3) is 0.429. The van der Waals surface area contributed by atoms with E-state index in [1.807, 2.05) is 35.0 Å². The molecule has 0 spiro atoms. The number of aryl methyl sites for hydroxylation is 1. The van der Waals surface area contributed by atoms with E-state index in [0.717, 1.165) is 36.7 Å². The fourth-order valence-electron chi connectivity index (χ4n) is 2.45. The van der Waals surface area contributed by atoms with Gasteiger partial charge in [-0.1, -0.05) is 18.2 Å². The molecule has 0 aliphatic carbocycles. The molecule has 106 valence electrons. The number of fused-ring (bicyclic) bond motifs is 1. The maximum absolute atomic E-state index is 12.1. The Bertz CT molecular complexity index is 584. The zero-order valence-corrected chi connectivity index (χ0v) is 12.1. The largest absolute Gasteiger partial charge is 0.311 e. The molecule has 2 aromatic rings. The van der Waals surface area contributed by atoms with E-state index in [2.05, 4.69) is 15.4 Å². The summed E-state index contributed by atoms with van der Waals surface area (Å²) in [4.78, 5) is 5.11. The lowest BCUT2D eigenvalue weighted by Gasteiger charge is -2.23. The lowest BCUT2D eigenvalue weighted by molar-refractivity contribution is 0.365. The number of nitrogens with one attached hydrogen (secondary N) is 1. The zero-order chi connectivity index (χ0) is 13.8. The van der Waals surface area contributed by atoms with Crippen LogP contribution in [0.2, 0.25) is 0 Å². The Kier molecular flexibility index (Phi) is 4.22. The van der Waals surface area contributed by atoms with Gasteiger partial charge in [-0.25, -0.2) is 9.67 Å². The van der Waals surface area contributed by atoms with Crippen LogP contribution in [-0.4, -0.2) is 37.3 Å². The second kappa shape index (κ2) is 6.28. The van der Waals surface area contributed by atoms with E-state index in [1.165, 1.54) is 0 Å². The normalized spacial score (nSPS) is 19.5. The second-order valence-corrected chi connectivity index (χ2v) is 6.48. The minimum absolute atomic E-state index is 0.400. The number of hydrogen-bond donors (Lipinski definition) is 1. The third kappa shape index (κ3) is 3.13. The van der Waals surface area contributed by atoms with Crippen LogP contribution in [-0.2, 0) is 23.8 Å². The molecule has 0 unspecified atom stereocenters. The molecule has 5 nitrogen and oxygen atoms in total. The van der Waals surface area contributed by atoms with E-state index < -0.39 is 10.8 Å². The lowest BCUT2D eigenvalue weighted by Crippen LogP contribution is -2.39. The van der Waals surface area contributed by atoms with E-state index in [-0.39, 0.29) is 0 Å². The third-order valence-electron chi connectivity index (χ3n) is 3.53. The summed E-state index contributed by atoms with van der Waals surface area (Å²) >= 11 is 0. The highest BCUT2D eigenvalue weighted by Crippen LogP contribution is 2.11. The summed E-state index contributed by atoms with van der Waals surface area (Å²) in [6.45, 7) is 1.61. The van der Waals surface area contributed by atoms with Crippen molar-refractivity contribution < 1.29 is 4.21 Å². The average Bonchev–Trinajstić information content (AvgIpc) is 2.95. The molecule has 1 aliphatic heterocycles. The van der Waals surface area contributed by atoms with Crippen LogP contribution in [0.4, 0.5) is 0 Å². The summed E-state index contributed by atoms with van der Waals surface area (Å²) in [6.07, 6.45) is 3.64. The summed E-state index contributed by atoms with van der Waals surface area (Å²) in [7, 11) is -0.922. The van der Waals surface area contributed by atoms with Crippen LogP contribution in [0.3, 0.4) is 0 Å². The van der Waals surface area contributed by atoms with Crippen LogP contribution < -0.4 is 5.32 Å². The van der Waals surface area contributed by atoms with Gasteiger partial charge in [-0.3, -0.25) is 4.21 Å². The Morgan fingerprint density at radius 1 is 1.35 bits per heavy atom. The monoisotopic (exact) mass is 290 g/mol. The first-order valence-electron chi connectivity index (χ1n) is 6.86. The summed E-state index contributed by atoms with van der Waals surface area (Å²) in [5, 5.41) is 7.67. The molecule has 0 amide bonds. The van der Waals surface area contributed by atoms with Crippen molar-refractivity contribution in [1.29, 1.82) is 0 Å². The van der Waals surface area contributed by atoms with Gasteiger partial charge in [0.1, 0.15) is 12.2 Å². The Morgan fingerprint density at radius 2 is 2.20 bits per heavy atom. The summed E-state index contributed by atoms with van der Waals surface area (Å²) in [5.74, 6) is 1.71. The number of rotatable bonds is 5. The molecule has 2 atom stereocenters. The van der Waals surface area contributed by atoms with Crippen molar-refractivity contribution in [1.82, 2.24) is 20.1 Å². The first-order valence-corrected chi connectivity index (χ1v) is 8.18. The zero-order valence-electron chi connectivity index (χ0n) is 11.2. The molecule has 0 saturated carbocycles. The Morgan fingerprint density at radius 3 is 3.05 bits per heavy atom. The van der Waals surface area contributed by atoms with Crippen molar-refractivity contribution in [3.63, 3.8) is 0 Å². The molecule has 1 aromatic carbocycles. The highest BCUT2D eigenvalue weighted by atomic mass is 32.2. The summed E-state index contributed by atoms with van der Waals surface area (Å²) in [6, 6.07) is 10.0. The van der Waals surface area contributed by atoms with E-state index in [1.54, 1.807) is 6.33 Å². The van der Waals surface area contributed by atoms with E-state index in [4.69, 9.17) is 0 Å². The molecule has 1 N–H and O–H groups in total. The van der Waals surface area contributed by atoms with Gasteiger partial charge in [0.15, 0.2) is 0 Å². The molecule has 0 saturated heterocycles. The molecule has 0 radical (unpaired) electrons. The molecule has 1 aliphatic rings. The van der Waals surface area contributed by atoms with Crippen molar-refractivity contribution in [3.8, 4) is 0 Å². The van der Waals surface area contributed by atoms with Crippen molar-refractivity contribution in [2.45, 2.75) is 30.3 Å². The molecule has 6 heteroatoms. The van der Waals surface area contributed by atoms with Gasteiger partial charge >= 0.3 is 0 Å². The van der Waals surface area contributed by atoms with Crippen LogP contribution >= 0.6 is 0 Å². The highest BCUT2D eigenvalue weighted by molar-refractivity contribution is 7.85. The minimum Gasteiger partial charge on any atom is -0.311 e. The SMILES string of the molecule is O=[S@](CCN[C@H]1CCc2ncnn2C1)c1ccccc1. The third-order valence-corrected chi connectivity index (χ3v) is 4.90. The number of benzene rings is 1. The maximum Gasteiger partial charge on any atom is 0.138 e. The van der Waals surface area contributed by atoms with Gasteiger partial charge in [-0.15, -0.1) is 0 Å². The van der Waals surface area contributed by atoms with Crippen molar-refractivity contribution >= 4 is 10.8 Å². The lowest BCUT2D eigenvalue weighted by atomic mass is 10.1.